The second-order valence-electron chi connectivity index (χ2n) is 6.06. The zero-order valence-corrected chi connectivity index (χ0v) is 13.6. The van der Waals surface area contributed by atoms with Crippen LogP contribution in [-0.4, -0.2) is 44.3 Å². The van der Waals surface area contributed by atoms with Gasteiger partial charge in [-0.25, -0.2) is 4.79 Å². The van der Waals surface area contributed by atoms with Crippen LogP contribution in [0, 0.1) is 5.92 Å². The second-order valence-corrected chi connectivity index (χ2v) is 6.06. The van der Waals surface area contributed by atoms with Gasteiger partial charge in [-0.1, -0.05) is 25.5 Å². The van der Waals surface area contributed by atoms with Crippen LogP contribution in [0.1, 0.15) is 46.9 Å². The Balaban J connectivity index is 2.62. The molecule has 0 radical (unpaired) electrons. The van der Waals surface area contributed by atoms with Gasteiger partial charge in [0.25, 0.3) is 0 Å². The Morgan fingerprint density at radius 3 is 2.55 bits per heavy atom. The highest BCUT2D eigenvalue weighted by atomic mass is 16.6. The summed E-state index contributed by atoms with van der Waals surface area (Å²) in [5, 5.41) is 18.5. The van der Waals surface area contributed by atoms with E-state index in [-0.39, 0.29) is 18.4 Å². The van der Waals surface area contributed by atoms with Gasteiger partial charge in [0.2, 0.25) is 5.91 Å². The monoisotopic (exact) mass is 312 g/mol. The van der Waals surface area contributed by atoms with Crippen LogP contribution < -0.4 is 10.6 Å². The van der Waals surface area contributed by atoms with Crippen molar-refractivity contribution in [3.8, 4) is 0 Å². The smallest absolute Gasteiger partial charge is 0.408 e. The minimum atomic E-state index is -0.688. The van der Waals surface area contributed by atoms with E-state index in [9.17, 15) is 9.59 Å². The van der Waals surface area contributed by atoms with E-state index in [0.29, 0.717) is 5.82 Å². The molecule has 0 saturated heterocycles. The number of hydrogen-bond acceptors (Lipinski definition) is 6. The SMILES string of the molecule is CC[C@H](C)[C@H](NC(=O)OC(C)(C)C)C(=O)NCc1nn[nH]n1. The summed E-state index contributed by atoms with van der Waals surface area (Å²) in [4.78, 5) is 24.1. The number of alkyl carbamates (subject to hydrolysis) is 1. The van der Waals surface area contributed by atoms with Gasteiger partial charge in [0, 0.05) is 0 Å². The van der Waals surface area contributed by atoms with E-state index < -0.39 is 17.7 Å². The summed E-state index contributed by atoms with van der Waals surface area (Å²) in [5.74, 6) is 0.0105. The third-order valence-corrected chi connectivity index (χ3v) is 2.98. The van der Waals surface area contributed by atoms with E-state index in [1.807, 2.05) is 13.8 Å². The molecule has 0 spiro atoms. The lowest BCUT2D eigenvalue weighted by molar-refractivity contribution is -0.124. The van der Waals surface area contributed by atoms with Crippen LogP contribution in [0.25, 0.3) is 0 Å². The number of carbonyl (C=O) groups excluding carboxylic acids is 2. The summed E-state index contributed by atoms with van der Waals surface area (Å²) in [6.07, 6.45) is 0.114. The van der Waals surface area contributed by atoms with Gasteiger partial charge >= 0.3 is 6.09 Å². The minimum absolute atomic E-state index is 0.0437. The lowest BCUT2D eigenvalue weighted by Crippen LogP contribution is -2.51. The number of carbonyl (C=O) groups is 2. The number of amides is 2. The Morgan fingerprint density at radius 1 is 1.36 bits per heavy atom. The van der Waals surface area contributed by atoms with Crippen molar-refractivity contribution in [3.05, 3.63) is 5.82 Å². The average molecular weight is 312 g/mol. The Labute approximate surface area is 129 Å². The molecule has 0 aliphatic rings. The summed E-state index contributed by atoms with van der Waals surface area (Å²) >= 11 is 0. The molecule has 1 aromatic rings. The number of nitrogens with zero attached hydrogens (tertiary/aromatic N) is 3. The topological polar surface area (TPSA) is 122 Å². The zero-order valence-electron chi connectivity index (χ0n) is 13.6. The van der Waals surface area contributed by atoms with Crippen LogP contribution in [0.15, 0.2) is 0 Å². The number of nitrogens with one attached hydrogen (secondary N) is 3. The molecule has 2 atom stereocenters. The highest BCUT2D eigenvalue weighted by Gasteiger charge is 2.28. The fraction of sp³-hybridized carbons (Fsp3) is 0.769. The van der Waals surface area contributed by atoms with Crippen LogP contribution in [0.2, 0.25) is 0 Å². The number of hydrogen-bond donors (Lipinski definition) is 3. The first-order chi connectivity index (χ1) is 10.2. The molecular formula is C13H24N6O3. The van der Waals surface area contributed by atoms with Crippen LogP contribution >= 0.6 is 0 Å². The molecule has 0 fully saturated rings. The Hall–Kier alpha value is -2.19. The number of aromatic amines is 1. The number of aromatic nitrogens is 4. The average Bonchev–Trinajstić information content (AvgIpc) is 2.92. The molecule has 1 heterocycles. The molecule has 9 heteroatoms. The second kappa shape index (κ2) is 7.71. The van der Waals surface area contributed by atoms with Crippen molar-refractivity contribution in [2.24, 2.45) is 5.92 Å². The van der Waals surface area contributed by atoms with E-state index in [0.717, 1.165) is 6.42 Å². The molecule has 1 rings (SSSR count). The molecule has 0 aliphatic carbocycles. The molecule has 0 saturated carbocycles. The van der Waals surface area contributed by atoms with Crippen molar-refractivity contribution in [1.29, 1.82) is 0 Å². The van der Waals surface area contributed by atoms with Gasteiger partial charge in [-0.05, 0) is 26.7 Å². The largest absolute Gasteiger partial charge is 0.444 e. The lowest BCUT2D eigenvalue weighted by atomic mass is 9.98. The lowest BCUT2D eigenvalue weighted by Gasteiger charge is -2.26. The van der Waals surface area contributed by atoms with Gasteiger partial charge < -0.3 is 15.4 Å². The highest BCUT2D eigenvalue weighted by molar-refractivity contribution is 5.85. The van der Waals surface area contributed by atoms with E-state index in [1.165, 1.54) is 0 Å². The molecule has 0 unspecified atom stereocenters. The summed E-state index contributed by atoms with van der Waals surface area (Å²) < 4.78 is 5.19. The number of tetrazole rings is 1. The van der Waals surface area contributed by atoms with Crippen LogP contribution in [0.3, 0.4) is 0 Å². The fourth-order valence-electron chi connectivity index (χ4n) is 1.67. The molecule has 2 amide bonds. The van der Waals surface area contributed by atoms with Crippen LogP contribution in [0.4, 0.5) is 4.79 Å². The maximum Gasteiger partial charge on any atom is 0.408 e. The van der Waals surface area contributed by atoms with Gasteiger partial charge in [-0.2, -0.15) is 5.21 Å². The Morgan fingerprint density at radius 2 is 2.05 bits per heavy atom. The highest BCUT2D eigenvalue weighted by Crippen LogP contribution is 2.11. The van der Waals surface area contributed by atoms with Crippen molar-refractivity contribution in [1.82, 2.24) is 31.3 Å². The Bertz CT molecular complexity index is 482. The summed E-state index contributed by atoms with van der Waals surface area (Å²) in [6, 6.07) is -0.688. The normalized spacial score (nSPS) is 14.0. The van der Waals surface area contributed by atoms with Crippen LogP contribution in [0.5, 0.6) is 0 Å². The predicted molar refractivity (Wildman–Crippen MR) is 78.6 cm³/mol. The first-order valence-corrected chi connectivity index (χ1v) is 7.22. The molecule has 0 bridgehead atoms. The third-order valence-electron chi connectivity index (χ3n) is 2.98. The molecule has 22 heavy (non-hydrogen) atoms. The molecule has 1 aromatic heterocycles. The van der Waals surface area contributed by atoms with Gasteiger partial charge in [0.05, 0.1) is 6.54 Å². The van der Waals surface area contributed by atoms with Crippen molar-refractivity contribution in [3.63, 3.8) is 0 Å². The molecule has 124 valence electrons. The van der Waals surface area contributed by atoms with Gasteiger partial charge in [-0.15, -0.1) is 10.2 Å². The predicted octanol–water partition coefficient (Wildman–Crippen LogP) is 0.755. The fourth-order valence-corrected chi connectivity index (χ4v) is 1.67. The van der Waals surface area contributed by atoms with Gasteiger partial charge in [-0.3, -0.25) is 4.79 Å². The van der Waals surface area contributed by atoms with Crippen molar-refractivity contribution in [2.45, 2.75) is 59.2 Å². The molecular weight excluding hydrogens is 288 g/mol. The zero-order chi connectivity index (χ0) is 16.8. The third kappa shape index (κ3) is 6.06. The number of rotatable bonds is 6. The van der Waals surface area contributed by atoms with Crippen molar-refractivity contribution >= 4 is 12.0 Å². The van der Waals surface area contributed by atoms with E-state index in [2.05, 4.69) is 31.3 Å². The molecule has 0 aliphatic heterocycles. The van der Waals surface area contributed by atoms with Crippen molar-refractivity contribution < 1.29 is 14.3 Å². The van der Waals surface area contributed by atoms with Gasteiger partial charge in [0.15, 0.2) is 5.82 Å². The minimum Gasteiger partial charge on any atom is -0.444 e. The van der Waals surface area contributed by atoms with Crippen LogP contribution in [-0.2, 0) is 16.1 Å². The molecule has 0 aromatic carbocycles. The summed E-state index contributed by atoms with van der Waals surface area (Å²) in [7, 11) is 0. The first-order valence-electron chi connectivity index (χ1n) is 7.22. The maximum absolute atomic E-state index is 12.3. The number of ether oxygens (including phenoxy) is 1. The van der Waals surface area contributed by atoms with Gasteiger partial charge in [0.1, 0.15) is 11.6 Å². The number of H-pyrrole nitrogens is 1. The molecule has 3 N–H and O–H groups in total. The van der Waals surface area contributed by atoms with E-state index >= 15 is 0 Å². The van der Waals surface area contributed by atoms with E-state index in [4.69, 9.17) is 4.74 Å². The molecule has 9 nitrogen and oxygen atoms in total. The van der Waals surface area contributed by atoms with E-state index in [1.54, 1.807) is 20.8 Å². The standard InChI is InChI=1S/C13H24N6O3/c1-6-8(2)10(15-12(21)22-13(3,4)5)11(20)14-7-9-16-18-19-17-9/h8,10H,6-7H2,1-5H3,(H,14,20)(H,15,21)(H,16,17,18,19)/t8-,10-/m0/s1. The summed E-state index contributed by atoms with van der Waals surface area (Å²) in [5.41, 5.74) is -0.620. The van der Waals surface area contributed by atoms with Crippen molar-refractivity contribution in [2.75, 3.05) is 0 Å². The first kappa shape index (κ1) is 17.9. The Kier molecular flexibility index (Phi) is 6.26. The quantitative estimate of drug-likeness (QED) is 0.712. The summed E-state index contributed by atoms with van der Waals surface area (Å²) in [6.45, 7) is 9.26. The maximum atomic E-state index is 12.3.